The Hall–Kier alpha value is -2.76. The average Bonchev–Trinajstić information content (AvgIpc) is 2.48. The van der Waals surface area contributed by atoms with Crippen LogP contribution in [0.5, 0.6) is 0 Å². The monoisotopic (exact) mass is 252 g/mol. The van der Waals surface area contributed by atoms with E-state index in [0.717, 1.165) is 5.69 Å². The van der Waals surface area contributed by atoms with E-state index in [4.69, 9.17) is 0 Å². The van der Waals surface area contributed by atoms with Crippen LogP contribution < -0.4 is 10.6 Å². The van der Waals surface area contributed by atoms with Crippen LogP contribution in [0.15, 0.2) is 42.9 Å². The molecule has 0 amide bonds. The van der Waals surface area contributed by atoms with Gasteiger partial charge in [-0.3, -0.25) is 0 Å². The molecule has 0 saturated carbocycles. The fourth-order valence-corrected chi connectivity index (χ4v) is 1.72. The Labute approximate surface area is 110 Å². The highest BCUT2D eigenvalue weighted by atomic mass is 15.1. The maximum Gasteiger partial charge on any atom is 0.223 e. The summed E-state index contributed by atoms with van der Waals surface area (Å²) in [5.41, 5.74) is 2.34. The predicted octanol–water partition coefficient (Wildman–Crippen LogP) is 2.21. The van der Waals surface area contributed by atoms with Gasteiger partial charge in [-0.25, -0.2) is 19.9 Å². The van der Waals surface area contributed by atoms with Crippen LogP contribution in [0.25, 0.3) is 11.0 Å². The highest BCUT2D eigenvalue weighted by molar-refractivity contribution is 5.86. The second-order valence-electron chi connectivity index (χ2n) is 3.89. The average molecular weight is 252 g/mol. The Kier molecular flexibility index (Phi) is 2.89. The van der Waals surface area contributed by atoms with Crippen LogP contribution in [0, 0.1) is 0 Å². The number of hydrogen-bond acceptors (Lipinski definition) is 6. The van der Waals surface area contributed by atoms with Gasteiger partial charge in [0, 0.05) is 12.7 Å². The zero-order chi connectivity index (χ0) is 13.1. The molecule has 2 N–H and O–H groups in total. The van der Waals surface area contributed by atoms with Gasteiger partial charge in [0.15, 0.2) is 5.82 Å². The maximum atomic E-state index is 4.38. The van der Waals surface area contributed by atoms with E-state index in [-0.39, 0.29) is 0 Å². The van der Waals surface area contributed by atoms with E-state index in [1.54, 1.807) is 13.2 Å². The molecule has 2 aromatic heterocycles. The van der Waals surface area contributed by atoms with Gasteiger partial charge in [0.2, 0.25) is 5.95 Å². The first-order valence-corrected chi connectivity index (χ1v) is 5.84. The first-order valence-electron chi connectivity index (χ1n) is 5.84. The normalized spacial score (nSPS) is 10.4. The van der Waals surface area contributed by atoms with Crippen molar-refractivity contribution in [1.82, 2.24) is 19.9 Å². The topological polar surface area (TPSA) is 75.6 Å². The minimum Gasteiger partial charge on any atom is -0.357 e. The Morgan fingerprint density at radius 2 is 1.84 bits per heavy atom. The van der Waals surface area contributed by atoms with Gasteiger partial charge in [0.25, 0.3) is 0 Å². The second-order valence-corrected chi connectivity index (χ2v) is 3.89. The molecule has 0 aliphatic rings. The third-order valence-corrected chi connectivity index (χ3v) is 2.64. The molecule has 3 rings (SSSR count). The number of para-hydroxylation sites is 1. The summed E-state index contributed by atoms with van der Waals surface area (Å²) in [4.78, 5) is 16.9. The van der Waals surface area contributed by atoms with Crippen molar-refractivity contribution in [2.45, 2.75) is 0 Å². The highest BCUT2D eigenvalue weighted by Gasteiger charge is 2.07. The number of nitrogens with one attached hydrogen (secondary N) is 2. The Morgan fingerprint density at radius 1 is 1.00 bits per heavy atom. The SMILES string of the molecule is CNc1ncc2ncnc(Nc3ccccc3)c2n1. The van der Waals surface area contributed by atoms with E-state index in [0.29, 0.717) is 22.8 Å². The molecule has 6 heteroatoms. The van der Waals surface area contributed by atoms with E-state index >= 15 is 0 Å². The minimum absolute atomic E-state index is 0.540. The van der Waals surface area contributed by atoms with Gasteiger partial charge in [0.1, 0.15) is 17.4 Å². The van der Waals surface area contributed by atoms with Crippen LogP contribution in [-0.2, 0) is 0 Å². The molecule has 0 radical (unpaired) electrons. The van der Waals surface area contributed by atoms with Crippen molar-refractivity contribution >= 4 is 28.5 Å². The molecular formula is C13H12N6. The van der Waals surface area contributed by atoms with Gasteiger partial charge in [0.05, 0.1) is 6.20 Å². The maximum absolute atomic E-state index is 4.38. The van der Waals surface area contributed by atoms with Crippen LogP contribution in [0.2, 0.25) is 0 Å². The quantitative estimate of drug-likeness (QED) is 0.744. The van der Waals surface area contributed by atoms with Crippen LogP contribution in [0.1, 0.15) is 0 Å². The molecule has 2 heterocycles. The lowest BCUT2D eigenvalue weighted by atomic mass is 10.3. The number of benzene rings is 1. The molecule has 1 aromatic carbocycles. The molecule has 0 aliphatic carbocycles. The summed E-state index contributed by atoms with van der Waals surface area (Å²) >= 11 is 0. The summed E-state index contributed by atoms with van der Waals surface area (Å²) in [7, 11) is 1.77. The summed E-state index contributed by atoms with van der Waals surface area (Å²) < 4.78 is 0. The van der Waals surface area contributed by atoms with Gasteiger partial charge in [-0.05, 0) is 12.1 Å². The van der Waals surface area contributed by atoms with E-state index in [2.05, 4.69) is 30.6 Å². The smallest absolute Gasteiger partial charge is 0.223 e. The van der Waals surface area contributed by atoms with Gasteiger partial charge >= 0.3 is 0 Å². The van der Waals surface area contributed by atoms with Crippen LogP contribution >= 0.6 is 0 Å². The third-order valence-electron chi connectivity index (χ3n) is 2.64. The third kappa shape index (κ3) is 2.28. The summed E-state index contributed by atoms with van der Waals surface area (Å²) in [5, 5.41) is 6.13. The van der Waals surface area contributed by atoms with Crippen molar-refractivity contribution in [3.8, 4) is 0 Å². The molecule has 0 fully saturated rings. The molecule has 3 aromatic rings. The van der Waals surface area contributed by atoms with Crippen molar-refractivity contribution in [1.29, 1.82) is 0 Å². The summed E-state index contributed by atoms with van der Waals surface area (Å²) in [6.07, 6.45) is 3.17. The largest absolute Gasteiger partial charge is 0.357 e. The Balaban J connectivity index is 2.07. The molecule has 0 spiro atoms. The molecular weight excluding hydrogens is 240 g/mol. The van der Waals surface area contributed by atoms with Gasteiger partial charge < -0.3 is 10.6 Å². The van der Waals surface area contributed by atoms with Crippen LogP contribution in [0.3, 0.4) is 0 Å². The zero-order valence-electron chi connectivity index (χ0n) is 10.3. The predicted molar refractivity (Wildman–Crippen MR) is 74.4 cm³/mol. The summed E-state index contributed by atoms with van der Waals surface area (Å²) in [6, 6.07) is 9.81. The number of hydrogen-bond donors (Lipinski definition) is 2. The highest BCUT2D eigenvalue weighted by Crippen LogP contribution is 2.21. The number of nitrogens with zero attached hydrogens (tertiary/aromatic N) is 4. The number of fused-ring (bicyclic) bond motifs is 1. The first kappa shape index (κ1) is 11.3. The lowest BCUT2D eigenvalue weighted by Crippen LogP contribution is -2.01. The van der Waals surface area contributed by atoms with E-state index in [1.807, 2.05) is 30.3 Å². The van der Waals surface area contributed by atoms with E-state index in [9.17, 15) is 0 Å². The molecule has 0 bridgehead atoms. The molecule has 0 aliphatic heterocycles. The van der Waals surface area contributed by atoms with Gasteiger partial charge in [-0.1, -0.05) is 18.2 Å². The van der Waals surface area contributed by atoms with Crippen LogP contribution in [0.4, 0.5) is 17.5 Å². The molecule has 0 saturated heterocycles. The molecule has 19 heavy (non-hydrogen) atoms. The fourth-order valence-electron chi connectivity index (χ4n) is 1.72. The molecule has 6 nitrogen and oxygen atoms in total. The van der Waals surface area contributed by atoms with Crippen molar-refractivity contribution in [2.24, 2.45) is 0 Å². The number of rotatable bonds is 3. The summed E-state index contributed by atoms with van der Waals surface area (Å²) in [5.74, 6) is 1.20. The van der Waals surface area contributed by atoms with Crippen molar-refractivity contribution in [3.63, 3.8) is 0 Å². The van der Waals surface area contributed by atoms with Crippen molar-refractivity contribution in [2.75, 3.05) is 17.7 Å². The standard InChI is InChI=1S/C13H12N6/c1-14-13-15-7-10-11(19-13)12(17-8-16-10)18-9-5-3-2-4-6-9/h2-8H,1H3,(H,14,15,19)(H,16,17,18). The first-order chi connectivity index (χ1) is 9.36. The van der Waals surface area contributed by atoms with Crippen molar-refractivity contribution in [3.05, 3.63) is 42.9 Å². The Morgan fingerprint density at radius 3 is 2.63 bits per heavy atom. The van der Waals surface area contributed by atoms with E-state index in [1.165, 1.54) is 6.33 Å². The second kappa shape index (κ2) is 4.85. The lowest BCUT2D eigenvalue weighted by molar-refractivity contribution is 1.14. The minimum atomic E-state index is 0.540. The molecule has 94 valence electrons. The number of anilines is 3. The molecule has 0 unspecified atom stereocenters. The number of aromatic nitrogens is 4. The van der Waals surface area contributed by atoms with Gasteiger partial charge in [-0.2, -0.15) is 0 Å². The zero-order valence-corrected chi connectivity index (χ0v) is 10.3. The Bertz CT molecular complexity index is 698. The van der Waals surface area contributed by atoms with Crippen molar-refractivity contribution < 1.29 is 0 Å². The summed E-state index contributed by atoms with van der Waals surface area (Å²) in [6.45, 7) is 0. The lowest BCUT2D eigenvalue weighted by Gasteiger charge is -2.08. The van der Waals surface area contributed by atoms with E-state index < -0.39 is 0 Å². The fraction of sp³-hybridized carbons (Fsp3) is 0.0769. The van der Waals surface area contributed by atoms with Crippen LogP contribution in [-0.4, -0.2) is 27.0 Å². The van der Waals surface area contributed by atoms with Gasteiger partial charge in [-0.15, -0.1) is 0 Å². The molecule has 0 atom stereocenters.